The topological polar surface area (TPSA) is 61.0 Å². The zero-order chi connectivity index (χ0) is 13.9. The first kappa shape index (κ1) is 13.1. The van der Waals surface area contributed by atoms with Gasteiger partial charge >= 0.3 is 0 Å². The highest BCUT2D eigenvalue weighted by Crippen LogP contribution is 2.31. The van der Waals surface area contributed by atoms with Gasteiger partial charge in [0.25, 0.3) is 0 Å². The molecule has 4 heteroatoms. The number of hydrogen-bond acceptors (Lipinski definition) is 4. The molecule has 0 aliphatic heterocycles. The average Bonchev–Trinajstić information content (AvgIpc) is 2.50. The van der Waals surface area contributed by atoms with Crippen LogP contribution < -0.4 is 10.5 Å². The van der Waals surface area contributed by atoms with Crippen molar-refractivity contribution in [3.8, 4) is 11.6 Å². The number of rotatable bonds is 3. The number of nitrogens with two attached hydrogens (primary N) is 1. The zero-order valence-electron chi connectivity index (χ0n) is 11.7. The lowest BCUT2D eigenvalue weighted by Crippen LogP contribution is -2.08. The minimum Gasteiger partial charge on any atom is -0.438 e. The van der Waals surface area contributed by atoms with Gasteiger partial charge in [0.1, 0.15) is 12.1 Å². The molecule has 2 aromatic rings. The first-order valence-corrected chi connectivity index (χ1v) is 7.08. The quantitative estimate of drug-likeness (QED) is 0.930. The van der Waals surface area contributed by atoms with E-state index in [2.05, 4.69) is 9.97 Å². The highest BCUT2D eigenvalue weighted by molar-refractivity contribution is 5.41. The van der Waals surface area contributed by atoms with Crippen LogP contribution in [0.5, 0.6) is 11.6 Å². The average molecular weight is 269 g/mol. The van der Waals surface area contributed by atoms with Gasteiger partial charge in [-0.25, -0.2) is 9.97 Å². The standard InChI is InChI=1S/C16H19N3O/c1-11-6-7-12(9-17)8-15(11)20-16-13-4-2-3-5-14(13)18-10-19-16/h6-8,10H,2-5,9,17H2,1H3. The van der Waals surface area contributed by atoms with Crippen molar-refractivity contribution in [1.29, 1.82) is 0 Å². The lowest BCUT2D eigenvalue weighted by Gasteiger charge is -2.18. The summed E-state index contributed by atoms with van der Waals surface area (Å²) in [5.41, 5.74) is 10.1. The summed E-state index contributed by atoms with van der Waals surface area (Å²) in [4.78, 5) is 8.69. The molecule has 3 rings (SSSR count). The van der Waals surface area contributed by atoms with Gasteiger partial charge < -0.3 is 10.5 Å². The molecular formula is C16H19N3O. The third-order valence-corrected chi connectivity index (χ3v) is 3.78. The van der Waals surface area contributed by atoms with Gasteiger partial charge in [0.05, 0.1) is 5.69 Å². The van der Waals surface area contributed by atoms with Crippen molar-refractivity contribution in [2.75, 3.05) is 0 Å². The summed E-state index contributed by atoms with van der Waals surface area (Å²) in [6, 6.07) is 6.05. The van der Waals surface area contributed by atoms with Gasteiger partial charge in [0.15, 0.2) is 0 Å². The van der Waals surface area contributed by atoms with Crippen LogP contribution in [0.2, 0.25) is 0 Å². The Bertz CT molecular complexity index is 625. The fourth-order valence-corrected chi connectivity index (χ4v) is 2.56. The van der Waals surface area contributed by atoms with E-state index in [1.165, 1.54) is 12.8 Å². The molecule has 1 aromatic heterocycles. The smallest absolute Gasteiger partial charge is 0.225 e. The third-order valence-electron chi connectivity index (χ3n) is 3.78. The van der Waals surface area contributed by atoms with E-state index in [4.69, 9.17) is 10.5 Å². The van der Waals surface area contributed by atoms with E-state index in [9.17, 15) is 0 Å². The van der Waals surface area contributed by atoms with Crippen LogP contribution in [-0.4, -0.2) is 9.97 Å². The molecule has 104 valence electrons. The summed E-state index contributed by atoms with van der Waals surface area (Å²) in [6.45, 7) is 2.54. The molecule has 4 nitrogen and oxygen atoms in total. The molecule has 20 heavy (non-hydrogen) atoms. The Kier molecular flexibility index (Phi) is 3.65. The van der Waals surface area contributed by atoms with Gasteiger partial charge in [-0.1, -0.05) is 12.1 Å². The summed E-state index contributed by atoms with van der Waals surface area (Å²) in [5.74, 6) is 1.53. The van der Waals surface area contributed by atoms with Gasteiger partial charge in [0, 0.05) is 12.1 Å². The van der Waals surface area contributed by atoms with Crippen molar-refractivity contribution in [1.82, 2.24) is 9.97 Å². The summed E-state index contributed by atoms with van der Waals surface area (Å²) in [6.07, 6.45) is 6.00. The lowest BCUT2D eigenvalue weighted by molar-refractivity contribution is 0.443. The molecule has 1 aliphatic rings. The third kappa shape index (κ3) is 2.51. The second-order valence-corrected chi connectivity index (χ2v) is 5.22. The van der Waals surface area contributed by atoms with Gasteiger partial charge in [-0.05, 0) is 49.8 Å². The van der Waals surface area contributed by atoms with E-state index in [0.717, 1.165) is 41.0 Å². The minimum absolute atomic E-state index is 0.512. The van der Waals surface area contributed by atoms with Crippen LogP contribution in [0.15, 0.2) is 24.5 Å². The maximum Gasteiger partial charge on any atom is 0.225 e. The fraction of sp³-hybridized carbons (Fsp3) is 0.375. The van der Waals surface area contributed by atoms with Crippen LogP contribution in [0, 0.1) is 6.92 Å². The number of ether oxygens (including phenoxy) is 1. The SMILES string of the molecule is Cc1ccc(CN)cc1Oc1ncnc2c1CCCC2. The number of aryl methyl sites for hydroxylation is 2. The first-order chi connectivity index (χ1) is 9.78. The number of aromatic nitrogens is 2. The molecule has 0 fully saturated rings. The van der Waals surface area contributed by atoms with Crippen LogP contribution >= 0.6 is 0 Å². The van der Waals surface area contributed by atoms with Crippen LogP contribution in [0.25, 0.3) is 0 Å². The summed E-state index contributed by atoms with van der Waals surface area (Å²) in [5, 5.41) is 0. The van der Waals surface area contributed by atoms with Gasteiger partial charge in [-0.2, -0.15) is 0 Å². The van der Waals surface area contributed by atoms with Crippen molar-refractivity contribution < 1.29 is 4.74 Å². The van der Waals surface area contributed by atoms with E-state index in [1.807, 2.05) is 25.1 Å². The summed E-state index contributed by atoms with van der Waals surface area (Å²) in [7, 11) is 0. The van der Waals surface area contributed by atoms with Crippen molar-refractivity contribution in [3.05, 3.63) is 46.9 Å². The van der Waals surface area contributed by atoms with E-state index in [1.54, 1.807) is 6.33 Å². The molecule has 0 bridgehead atoms. The largest absolute Gasteiger partial charge is 0.438 e. The molecule has 0 saturated heterocycles. The van der Waals surface area contributed by atoms with Crippen LogP contribution in [0.3, 0.4) is 0 Å². The van der Waals surface area contributed by atoms with Crippen LogP contribution in [0.4, 0.5) is 0 Å². The Labute approximate surface area is 119 Å². The molecular weight excluding hydrogens is 250 g/mol. The number of benzene rings is 1. The Morgan fingerprint density at radius 1 is 1.20 bits per heavy atom. The Balaban J connectivity index is 1.95. The molecule has 0 spiro atoms. The highest BCUT2D eigenvalue weighted by Gasteiger charge is 2.17. The maximum atomic E-state index is 6.04. The molecule has 0 amide bonds. The second kappa shape index (κ2) is 5.59. The van der Waals surface area contributed by atoms with Gasteiger partial charge in [0.2, 0.25) is 5.88 Å². The number of fused-ring (bicyclic) bond motifs is 1. The molecule has 1 heterocycles. The van der Waals surface area contributed by atoms with E-state index >= 15 is 0 Å². The predicted molar refractivity (Wildman–Crippen MR) is 77.8 cm³/mol. The van der Waals surface area contributed by atoms with Crippen LogP contribution in [0.1, 0.15) is 35.2 Å². The Morgan fingerprint density at radius 2 is 2.05 bits per heavy atom. The molecule has 0 saturated carbocycles. The molecule has 0 atom stereocenters. The van der Waals surface area contributed by atoms with Crippen molar-refractivity contribution in [3.63, 3.8) is 0 Å². The van der Waals surface area contributed by atoms with Crippen LogP contribution in [-0.2, 0) is 19.4 Å². The molecule has 1 aliphatic carbocycles. The molecule has 2 N–H and O–H groups in total. The highest BCUT2D eigenvalue weighted by atomic mass is 16.5. The normalized spacial score (nSPS) is 13.9. The zero-order valence-corrected chi connectivity index (χ0v) is 11.7. The molecule has 0 unspecified atom stereocenters. The molecule has 1 aromatic carbocycles. The summed E-state index contributed by atoms with van der Waals surface area (Å²) >= 11 is 0. The lowest BCUT2D eigenvalue weighted by atomic mass is 9.97. The fourth-order valence-electron chi connectivity index (χ4n) is 2.56. The van der Waals surface area contributed by atoms with Crippen molar-refractivity contribution in [2.24, 2.45) is 5.73 Å². The van der Waals surface area contributed by atoms with Crippen molar-refractivity contribution >= 4 is 0 Å². The number of nitrogens with zero attached hydrogens (tertiary/aromatic N) is 2. The maximum absolute atomic E-state index is 6.04. The van der Waals surface area contributed by atoms with E-state index in [-0.39, 0.29) is 0 Å². The summed E-state index contributed by atoms with van der Waals surface area (Å²) < 4.78 is 6.04. The molecule has 0 radical (unpaired) electrons. The van der Waals surface area contributed by atoms with Gasteiger partial charge in [-0.3, -0.25) is 0 Å². The Morgan fingerprint density at radius 3 is 2.90 bits per heavy atom. The monoisotopic (exact) mass is 269 g/mol. The Hall–Kier alpha value is -1.94. The first-order valence-electron chi connectivity index (χ1n) is 7.08. The van der Waals surface area contributed by atoms with Gasteiger partial charge in [-0.15, -0.1) is 0 Å². The second-order valence-electron chi connectivity index (χ2n) is 5.22. The van der Waals surface area contributed by atoms with Crippen molar-refractivity contribution in [2.45, 2.75) is 39.2 Å². The number of hydrogen-bond donors (Lipinski definition) is 1. The predicted octanol–water partition coefficient (Wildman–Crippen LogP) is 2.91. The minimum atomic E-state index is 0.512. The van der Waals surface area contributed by atoms with E-state index < -0.39 is 0 Å². The van der Waals surface area contributed by atoms with E-state index in [0.29, 0.717) is 12.4 Å².